The Bertz CT molecular complexity index is 1480. The molecule has 4 rings (SSSR count). The van der Waals surface area contributed by atoms with Gasteiger partial charge in [0.2, 0.25) is 0 Å². The maximum Gasteiger partial charge on any atom is 0.305 e. The molecule has 0 aliphatic rings. The average molecular weight is 565 g/mol. The van der Waals surface area contributed by atoms with Crippen LogP contribution >= 0.6 is 23.2 Å². The molecule has 0 saturated heterocycles. The van der Waals surface area contributed by atoms with Crippen LogP contribution in [0.5, 0.6) is 11.5 Å². The van der Waals surface area contributed by atoms with E-state index in [2.05, 4.69) is 22.3 Å². The Labute approximate surface area is 238 Å². The lowest BCUT2D eigenvalue weighted by Gasteiger charge is -2.11. The number of aromatic nitrogens is 2. The minimum Gasteiger partial charge on any atom is -0.496 e. The summed E-state index contributed by atoms with van der Waals surface area (Å²) in [5.41, 5.74) is 4.55. The van der Waals surface area contributed by atoms with E-state index in [4.69, 9.17) is 37.7 Å². The average Bonchev–Trinajstić information content (AvgIpc) is 3.36. The van der Waals surface area contributed by atoms with Crippen molar-refractivity contribution in [1.29, 1.82) is 0 Å². The Morgan fingerprint density at radius 2 is 1.82 bits per heavy atom. The van der Waals surface area contributed by atoms with Crippen molar-refractivity contribution in [3.63, 3.8) is 0 Å². The number of imidazole rings is 1. The highest BCUT2D eigenvalue weighted by molar-refractivity contribution is 6.36. The van der Waals surface area contributed by atoms with E-state index >= 15 is 0 Å². The molecular formula is C31H30Cl2N2O4. The van der Waals surface area contributed by atoms with Gasteiger partial charge < -0.3 is 18.8 Å². The fourth-order valence-electron chi connectivity index (χ4n) is 4.13. The van der Waals surface area contributed by atoms with E-state index in [0.717, 1.165) is 51.8 Å². The molecule has 8 heteroatoms. The van der Waals surface area contributed by atoms with Gasteiger partial charge in [-0.05, 0) is 79.1 Å². The molecule has 39 heavy (non-hydrogen) atoms. The van der Waals surface area contributed by atoms with Gasteiger partial charge in [0.25, 0.3) is 0 Å². The molecule has 0 saturated carbocycles. The van der Waals surface area contributed by atoms with Crippen LogP contribution in [0.1, 0.15) is 31.2 Å². The fraction of sp³-hybridized carbons (Fsp3) is 0.226. The molecule has 0 aliphatic carbocycles. The van der Waals surface area contributed by atoms with Gasteiger partial charge in [-0.2, -0.15) is 0 Å². The summed E-state index contributed by atoms with van der Waals surface area (Å²) in [6.07, 6.45) is 6.87. The predicted molar refractivity (Wildman–Crippen MR) is 157 cm³/mol. The zero-order chi connectivity index (χ0) is 27.8. The van der Waals surface area contributed by atoms with Crippen LogP contribution in [0.4, 0.5) is 0 Å². The minimum absolute atomic E-state index is 0.238. The third-order valence-electron chi connectivity index (χ3n) is 6.19. The van der Waals surface area contributed by atoms with Gasteiger partial charge >= 0.3 is 5.97 Å². The van der Waals surface area contributed by atoms with Crippen LogP contribution in [-0.4, -0.2) is 36.3 Å². The second-order valence-electron chi connectivity index (χ2n) is 8.74. The SMILES string of the molecule is CCn1cc(-c2ccc(Cl)cc2Cl)nc1C=Cc1cc(-c2cccc(OCCCC(=O)OC)c2)ccc1OC. The Morgan fingerprint density at radius 3 is 2.56 bits per heavy atom. The van der Waals surface area contributed by atoms with Crippen LogP contribution in [0, 0.1) is 0 Å². The van der Waals surface area contributed by atoms with Crippen molar-refractivity contribution in [2.75, 3.05) is 20.8 Å². The first kappa shape index (κ1) is 28.3. The van der Waals surface area contributed by atoms with Crippen LogP contribution in [0.15, 0.2) is 66.9 Å². The van der Waals surface area contributed by atoms with Gasteiger partial charge in [0.05, 0.1) is 31.5 Å². The lowest BCUT2D eigenvalue weighted by molar-refractivity contribution is -0.140. The fourth-order valence-corrected chi connectivity index (χ4v) is 4.63. The summed E-state index contributed by atoms with van der Waals surface area (Å²) in [4.78, 5) is 16.1. The molecule has 0 atom stereocenters. The number of nitrogens with zero attached hydrogens (tertiary/aromatic N) is 2. The maximum absolute atomic E-state index is 11.3. The van der Waals surface area contributed by atoms with E-state index in [1.807, 2.05) is 66.9 Å². The highest BCUT2D eigenvalue weighted by Crippen LogP contribution is 2.32. The second-order valence-corrected chi connectivity index (χ2v) is 9.58. The van der Waals surface area contributed by atoms with Crippen LogP contribution in [-0.2, 0) is 16.1 Å². The molecule has 0 bridgehead atoms. The van der Waals surface area contributed by atoms with E-state index in [1.54, 1.807) is 13.2 Å². The molecule has 6 nitrogen and oxygen atoms in total. The molecule has 0 spiro atoms. The lowest BCUT2D eigenvalue weighted by atomic mass is 10.0. The molecule has 202 valence electrons. The molecule has 0 aliphatic heterocycles. The van der Waals surface area contributed by atoms with Crippen molar-refractivity contribution in [2.45, 2.75) is 26.3 Å². The topological polar surface area (TPSA) is 62.6 Å². The number of ether oxygens (including phenoxy) is 3. The van der Waals surface area contributed by atoms with E-state index in [9.17, 15) is 4.79 Å². The summed E-state index contributed by atoms with van der Waals surface area (Å²) in [6, 6.07) is 19.3. The van der Waals surface area contributed by atoms with Crippen molar-refractivity contribution in [1.82, 2.24) is 9.55 Å². The summed E-state index contributed by atoms with van der Waals surface area (Å²) in [5, 5.41) is 1.14. The van der Waals surface area contributed by atoms with Gasteiger partial charge in [-0.15, -0.1) is 0 Å². The molecule has 4 aromatic rings. The molecule has 1 aromatic heterocycles. The summed E-state index contributed by atoms with van der Waals surface area (Å²) in [6.45, 7) is 3.25. The Morgan fingerprint density at radius 1 is 1.00 bits per heavy atom. The highest BCUT2D eigenvalue weighted by Gasteiger charge is 2.12. The zero-order valence-electron chi connectivity index (χ0n) is 22.1. The summed E-state index contributed by atoms with van der Waals surface area (Å²) < 4.78 is 18.2. The lowest BCUT2D eigenvalue weighted by Crippen LogP contribution is -2.04. The Hall–Kier alpha value is -3.74. The van der Waals surface area contributed by atoms with Crippen molar-refractivity contribution in [3.05, 3.63) is 88.3 Å². The first-order valence-corrected chi connectivity index (χ1v) is 13.4. The number of hydrogen-bond acceptors (Lipinski definition) is 5. The van der Waals surface area contributed by atoms with Gasteiger partial charge in [-0.3, -0.25) is 4.79 Å². The monoisotopic (exact) mass is 564 g/mol. The number of carbonyl (C=O) groups excluding carboxylic acids is 1. The first-order chi connectivity index (χ1) is 18.9. The number of aryl methyl sites for hydroxylation is 1. The molecule has 0 unspecified atom stereocenters. The second kappa shape index (κ2) is 13.4. The maximum atomic E-state index is 11.3. The van der Waals surface area contributed by atoms with Gasteiger partial charge in [-0.1, -0.05) is 41.4 Å². The highest BCUT2D eigenvalue weighted by atomic mass is 35.5. The van der Waals surface area contributed by atoms with Crippen molar-refractivity contribution in [2.24, 2.45) is 0 Å². The smallest absolute Gasteiger partial charge is 0.305 e. The standard InChI is InChI=1S/C31H30Cl2N2O4/c1-4-35-20-28(26-13-12-24(32)19-27(26)33)34-30(35)15-11-23-17-22(10-14-29(23)37-2)21-7-5-8-25(18-21)39-16-6-9-31(36)38-3/h5,7-8,10-15,17-20H,4,6,9,16H2,1-3H3. The summed E-state index contributed by atoms with van der Waals surface area (Å²) in [7, 11) is 3.04. The Balaban J connectivity index is 1.57. The van der Waals surface area contributed by atoms with Gasteiger partial charge in [-0.25, -0.2) is 4.98 Å². The van der Waals surface area contributed by atoms with Crippen molar-refractivity contribution in [3.8, 4) is 33.9 Å². The van der Waals surface area contributed by atoms with Gasteiger partial charge in [0.1, 0.15) is 17.3 Å². The van der Waals surface area contributed by atoms with Crippen LogP contribution < -0.4 is 9.47 Å². The molecule has 0 N–H and O–H groups in total. The van der Waals surface area contributed by atoms with E-state index in [0.29, 0.717) is 29.5 Å². The summed E-state index contributed by atoms with van der Waals surface area (Å²) >= 11 is 12.5. The van der Waals surface area contributed by atoms with Crippen LogP contribution in [0.2, 0.25) is 10.0 Å². The first-order valence-electron chi connectivity index (χ1n) is 12.6. The molecule has 1 heterocycles. The van der Waals surface area contributed by atoms with Crippen molar-refractivity contribution < 1.29 is 19.0 Å². The van der Waals surface area contributed by atoms with E-state index < -0.39 is 0 Å². The normalized spacial score (nSPS) is 11.1. The molecule has 3 aromatic carbocycles. The molecule has 0 radical (unpaired) electrons. The largest absolute Gasteiger partial charge is 0.496 e. The van der Waals surface area contributed by atoms with Crippen molar-refractivity contribution >= 4 is 41.3 Å². The third-order valence-corrected chi connectivity index (χ3v) is 6.73. The third kappa shape index (κ3) is 7.22. The number of benzene rings is 3. The number of halogens is 2. The van der Waals surface area contributed by atoms with Gasteiger partial charge in [0.15, 0.2) is 0 Å². The molecule has 0 fully saturated rings. The number of carbonyl (C=O) groups is 1. The quantitative estimate of drug-likeness (QED) is 0.136. The molecule has 0 amide bonds. The van der Waals surface area contributed by atoms with Crippen LogP contribution in [0.3, 0.4) is 0 Å². The number of esters is 1. The zero-order valence-corrected chi connectivity index (χ0v) is 23.6. The number of methoxy groups -OCH3 is 2. The minimum atomic E-state index is -0.238. The van der Waals surface area contributed by atoms with E-state index in [1.165, 1.54) is 7.11 Å². The summed E-state index contributed by atoms with van der Waals surface area (Å²) in [5.74, 6) is 2.05. The molecular weight excluding hydrogens is 535 g/mol. The number of hydrogen-bond donors (Lipinski definition) is 0. The van der Waals surface area contributed by atoms with Crippen LogP contribution in [0.25, 0.3) is 34.5 Å². The van der Waals surface area contributed by atoms with E-state index in [-0.39, 0.29) is 5.97 Å². The Kier molecular flexibility index (Phi) is 9.69. The van der Waals surface area contributed by atoms with Gasteiger partial charge in [0, 0.05) is 35.3 Å². The number of rotatable bonds is 11. The predicted octanol–water partition coefficient (Wildman–Crippen LogP) is 8.05.